The maximum absolute atomic E-state index is 12.0. The van der Waals surface area contributed by atoms with Crippen molar-refractivity contribution >= 4 is 34.6 Å². The van der Waals surface area contributed by atoms with Gasteiger partial charge in [0.05, 0.1) is 24.5 Å². The number of anilines is 2. The number of nitrogens with zero attached hydrogens (tertiary/aromatic N) is 3. The molecule has 9 heteroatoms. The van der Waals surface area contributed by atoms with Gasteiger partial charge in [-0.15, -0.1) is 0 Å². The summed E-state index contributed by atoms with van der Waals surface area (Å²) < 4.78 is 12.7. The van der Waals surface area contributed by atoms with E-state index in [1.54, 1.807) is 12.5 Å². The van der Waals surface area contributed by atoms with Crippen LogP contribution in [-0.2, 0) is 16.1 Å². The molecular weight excluding hydrogens is 474 g/mol. The number of furan rings is 1. The highest BCUT2D eigenvalue weighted by Crippen LogP contribution is 2.42. The molecule has 8 nitrogen and oxygen atoms in total. The molecule has 0 unspecified atom stereocenters. The fourth-order valence-corrected chi connectivity index (χ4v) is 4.94. The van der Waals surface area contributed by atoms with Crippen molar-refractivity contribution in [2.24, 2.45) is 0 Å². The molecule has 1 saturated heterocycles. The van der Waals surface area contributed by atoms with Gasteiger partial charge < -0.3 is 29.3 Å². The molecule has 184 valence electrons. The smallest absolute Gasteiger partial charge is 0.250 e. The minimum Gasteiger partial charge on any atom is -0.467 e. The van der Waals surface area contributed by atoms with Crippen LogP contribution < -0.4 is 15.5 Å². The molecule has 2 atom stereocenters. The van der Waals surface area contributed by atoms with Crippen LogP contribution >= 0.6 is 12.2 Å². The Morgan fingerprint density at radius 3 is 2.81 bits per heavy atom. The summed E-state index contributed by atoms with van der Waals surface area (Å²) in [7, 11) is 1.50. The van der Waals surface area contributed by atoms with Gasteiger partial charge >= 0.3 is 0 Å². The Bertz CT molecular complexity index is 1350. The highest BCUT2D eigenvalue weighted by atomic mass is 32.1. The van der Waals surface area contributed by atoms with Crippen LogP contribution in [0.15, 0.2) is 83.7 Å². The molecule has 1 aliphatic rings. The van der Waals surface area contributed by atoms with Crippen molar-refractivity contribution in [1.82, 2.24) is 14.9 Å². The van der Waals surface area contributed by atoms with Crippen LogP contribution in [-0.4, -0.2) is 34.3 Å². The first kappa shape index (κ1) is 23.8. The lowest BCUT2D eigenvalue weighted by Crippen LogP contribution is -2.30. The minimum absolute atomic E-state index is 0.00180. The molecule has 2 N–H and O–H groups in total. The number of methoxy groups -OCH3 is 1. The monoisotopic (exact) mass is 501 g/mol. The van der Waals surface area contributed by atoms with Gasteiger partial charge in [-0.05, 0) is 79.3 Å². The van der Waals surface area contributed by atoms with Gasteiger partial charge in [-0.2, -0.15) is 0 Å². The van der Waals surface area contributed by atoms with Gasteiger partial charge in [0, 0.05) is 36.6 Å². The van der Waals surface area contributed by atoms with Gasteiger partial charge in [0.1, 0.15) is 18.4 Å². The van der Waals surface area contributed by atoms with Crippen molar-refractivity contribution in [2.45, 2.75) is 25.6 Å². The third-order valence-corrected chi connectivity index (χ3v) is 6.52. The lowest BCUT2D eigenvalue weighted by molar-refractivity contribution is -0.119. The van der Waals surface area contributed by atoms with Crippen molar-refractivity contribution in [3.05, 3.63) is 102 Å². The zero-order valence-corrected chi connectivity index (χ0v) is 20.9. The summed E-state index contributed by atoms with van der Waals surface area (Å²) in [5.41, 5.74) is 4.55. The number of rotatable bonds is 8. The van der Waals surface area contributed by atoms with Crippen LogP contribution in [0.25, 0.3) is 0 Å². The van der Waals surface area contributed by atoms with Crippen molar-refractivity contribution in [2.75, 3.05) is 23.9 Å². The highest BCUT2D eigenvalue weighted by Gasteiger charge is 2.42. The van der Waals surface area contributed by atoms with Crippen molar-refractivity contribution < 1.29 is 13.9 Å². The molecule has 0 saturated carbocycles. The standard InChI is InChI=1S/C27H27N5O3S/c1-18-15-19(10-11-21(18)29-24(33)17-34-2)32-26(25(30-27(32)36)22-8-3-4-12-28-22)23-9-5-13-31(23)16-20-7-6-14-35-20/h3-15,25-26H,16-17H2,1-2H3,(H,29,33)(H,30,36)/t25-,26-/m1/s1. The number of hydrogen-bond acceptors (Lipinski definition) is 5. The number of hydrogen-bond donors (Lipinski definition) is 2. The quantitative estimate of drug-likeness (QED) is 0.342. The maximum Gasteiger partial charge on any atom is 0.250 e. The van der Waals surface area contributed by atoms with Gasteiger partial charge in [0.15, 0.2) is 5.11 Å². The van der Waals surface area contributed by atoms with Gasteiger partial charge in [-0.1, -0.05) is 6.07 Å². The fourth-order valence-electron chi connectivity index (χ4n) is 4.60. The second-order valence-electron chi connectivity index (χ2n) is 8.62. The van der Waals surface area contributed by atoms with Gasteiger partial charge in [0.25, 0.3) is 0 Å². The molecule has 4 heterocycles. The zero-order chi connectivity index (χ0) is 25.1. The molecule has 36 heavy (non-hydrogen) atoms. The molecule has 1 amide bonds. The number of nitrogens with one attached hydrogen (secondary N) is 2. The van der Waals surface area contributed by atoms with E-state index in [4.69, 9.17) is 21.4 Å². The lowest BCUT2D eigenvalue weighted by atomic mass is 10.0. The zero-order valence-electron chi connectivity index (χ0n) is 20.0. The Morgan fingerprint density at radius 2 is 2.08 bits per heavy atom. The molecule has 0 spiro atoms. The summed E-state index contributed by atoms with van der Waals surface area (Å²) in [4.78, 5) is 18.8. The van der Waals surface area contributed by atoms with Crippen LogP contribution in [0.5, 0.6) is 0 Å². The van der Waals surface area contributed by atoms with E-state index in [0.29, 0.717) is 11.7 Å². The molecule has 0 aliphatic carbocycles. The predicted molar refractivity (Wildman–Crippen MR) is 142 cm³/mol. The number of ether oxygens (including phenoxy) is 1. The van der Waals surface area contributed by atoms with E-state index in [1.807, 2.05) is 67.7 Å². The average molecular weight is 502 g/mol. The molecule has 3 aromatic heterocycles. The Morgan fingerprint density at radius 1 is 1.19 bits per heavy atom. The number of amides is 1. The second-order valence-corrected chi connectivity index (χ2v) is 9.00. The third-order valence-electron chi connectivity index (χ3n) is 6.21. The van der Waals surface area contributed by atoms with E-state index in [1.165, 1.54) is 7.11 Å². The van der Waals surface area contributed by atoms with Crippen LogP contribution in [0, 0.1) is 6.92 Å². The van der Waals surface area contributed by atoms with Gasteiger partial charge in [-0.25, -0.2) is 0 Å². The number of carbonyl (C=O) groups is 1. The largest absolute Gasteiger partial charge is 0.467 e. The molecule has 0 bridgehead atoms. The summed E-state index contributed by atoms with van der Waals surface area (Å²) in [6.45, 7) is 2.57. The molecule has 1 fully saturated rings. The van der Waals surface area contributed by atoms with E-state index in [0.717, 1.165) is 34.1 Å². The highest BCUT2D eigenvalue weighted by molar-refractivity contribution is 7.80. The fraction of sp³-hybridized carbons (Fsp3) is 0.222. The lowest BCUT2D eigenvalue weighted by Gasteiger charge is -2.29. The third kappa shape index (κ3) is 4.75. The Balaban J connectivity index is 1.54. The predicted octanol–water partition coefficient (Wildman–Crippen LogP) is 4.59. The van der Waals surface area contributed by atoms with E-state index < -0.39 is 0 Å². The minimum atomic E-state index is -0.199. The summed E-state index contributed by atoms with van der Waals surface area (Å²) in [6, 6.07) is 19.5. The second kappa shape index (κ2) is 10.3. The van der Waals surface area contributed by atoms with Crippen molar-refractivity contribution in [3.63, 3.8) is 0 Å². The van der Waals surface area contributed by atoms with Crippen molar-refractivity contribution in [1.29, 1.82) is 0 Å². The number of aryl methyl sites for hydroxylation is 1. The Hall–Kier alpha value is -3.95. The first-order valence-electron chi connectivity index (χ1n) is 11.6. The van der Waals surface area contributed by atoms with Crippen LogP contribution in [0.4, 0.5) is 11.4 Å². The molecule has 5 rings (SSSR count). The molecule has 4 aromatic rings. The summed E-state index contributed by atoms with van der Waals surface area (Å²) >= 11 is 5.86. The van der Waals surface area contributed by atoms with Crippen molar-refractivity contribution in [3.8, 4) is 0 Å². The van der Waals surface area contributed by atoms with E-state index in [9.17, 15) is 4.79 Å². The van der Waals surface area contributed by atoms with Crippen LogP contribution in [0.3, 0.4) is 0 Å². The number of pyridine rings is 1. The molecular formula is C27H27N5O3S. The van der Waals surface area contributed by atoms with E-state index in [-0.39, 0.29) is 24.6 Å². The number of benzene rings is 1. The topological polar surface area (TPSA) is 84.6 Å². The molecule has 0 radical (unpaired) electrons. The first-order valence-corrected chi connectivity index (χ1v) is 12.0. The summed E-state index contributed by atoms with van der Waals surface area (Å²) in [5, 5.41) is 7.00. The molecule has 1 aliphatic heterocycles. The van der Waals surface area contributed by atoms with E-state index in [2.05, 4.69) is 31.2 Å². The van der Waals surface area contributed by atoms with E-state index >= 15 is 0 Å². The summed E-state index contributed by atoms with van der Waals surface area (Å²) in [6.07, 6.45) is 5.53. The Kier molecular flexibility index (Phi) is 6.84. The van der Waals surface area contributed by atoms with Crippen LogP contribution in [0.1, 0.15) is 34.8 Å². The Labute approximate surface area is 214 Å². The van der Waals surface area contributed by atoms with Crippen LogP contribution in [0.2, 0.25) is 0 Å². The molecule has 1 aromatic carbocycles. The average Bonchev–Trinajstić information content (AvgIpc) is 3.62. The summed E-state index contributed by atoms with van der Waals surface area (Å²) in [5.74, 6) is 0.671. The number of aromatic nitrogens is 2. The van der Waals surface area contributed by atoms with Gasteiger partial charge in [0.2, 0.25) is 5.91 Å². The SMILES string of the molecule is COCC(=O)Nc1ccc(N2C(=S)N[C@H](c3ccccn3)[C@H]2c2cccn2Cc2ccco2)cc1C. The normalized spacial score (nSPS) is 17.3. The number of thiocarbonyl (C=S) groups is 1. The maximum atomic E-state index is 12.0. The first-order chi connectivity index (χ1) is 17.5. The number of carbonyl (C=O) groups excluding carboxylic acids is 1. The van der Waals surface area contributed by atoms with Gasteiger partial charge in [-0.3, -0.25) is 9.78 Å².